The first-order valence-electron chi connectivity index (χ1n) is 6.98. The van der Waals surface area contributed by atoms with E-state index in [1.807, 2.05) is 16.8 Å². The van der Waals surface area contributed by atoms with E-state index < -0.39 is 0 Å². The molecule has 106 valence electrons. The Balaban J connectivity index is 2.12. The van der Waals surface area contributed by atoms with Crippen LogP contribution < -0.4 is 5.73 Å². The molecule has 0 atom stereocenters. The van der Waals surface area contributed by atoms with Crippen molar-refractivity contribution in [3.8, 4) is 16.9 Å². The quantitative estimate of drug-likeness (QED) is 0.796. The SMILES string of the molecule is CCc1ccc(-n2nnc(CN)c2-c2ccncc2)cc1. The van der Waals surface area contributed by atoms with Crippen LogP contribution in [0.25, 0.3) is 16.9 Å². The van der Waals surface area contributed by atoms with E-state index in [1.165, 1.54) is 5.56 Å². The maximum Gasteiger partial charge on any atom is 0.105 e. The highest BCUT2D eigenvalue weighted by molar-refractivity contribution is 5.63. The smallest absolute Gasteiger partial charge is 0.105 e. The van der Waals surface area contributed by atoms with Gasteiger partial charge in [0.2, 0.25) is 0 Å². The summed E-state index contributed by atoms with van der Waals surface area (Å²) >= 11 is 0. The fourth-order valence-corrected chi connectivity index (χ4v) is 2.30. The molecule has 3 rings (SSSR count). The van der Waals surface area contributed by atoms with Gasteiger partial charge in [0, 0.05) is 24.5 Å². The van der Waals surface area contributed by atoms with Crippen LogP contribution in [0.5, 0.6) is 0 Å². The molecular formula is C16H17N5. The average molecular weight is 279 g/mol. The highest BCUT2D eigenvalue weighted by atomic mass is 15.4. The lowest BCUT2D eigenvalue weighted by Gasteiger charge is -2.08. The molecule has 0 saturated carbocycles. The summed E-state index contributed by atoms with van der Waals surface area (Å²) in [6, 6.07) is 12.2. The van der Waals surface area contributed by atoms with Gasteiger partial charge in [-0.1, -0.05) is 24.3 Å². The predicted octanol–water partition coefficient (Wildman–Crippen LogP) is 2.35. The van der Waals surface area contributed by atoms with E-state index in [0.29, 0.717) is 6.54 Å². The number of hydrogen-bond donors (Lipinski definition) is 1. The second-order valence-electron chi connectivity index (χ2n) is 4.76. The Morgan fingerprint density at radius 2 is 1.76 bits per heavy atom. The molecule has 0 radical (unpaired) electrons. The van der Waals surface area contributed by atoms with Gasteiger partial charge in [-0.05, 0) is 36.2 Å². The molecule has 0 aliphatic rings. The third kappa shape index (κ3) is 2.55. The van der Waals surface area contributed by atoms with Crippen LogP contribution in [0, 0.1) is 0 Å². The highest BCUT2D eigenvalue weighted by Gasteiger charge is 2.15. The molecule has 0 saturated heterocycles. The fraction of sp³-hybridized carbons (Fsp3) is 0.188. The van der Waals surface area contributed by atoms with Gasteiger partial charge in [-0.25, -0.2) is 4.68 Å². The summed E-state index contributed by atoms with van der Waals surface area (Å²) in [4.78, 5) is 4.05. The lowest BCUT2D eigenvalue weighted by atomic mass is 10.1. The van der Waals surface area contributed by atoms with Crippen molar-refractivity contribution in [2.45, 2.75) is 19.9 Å². The summed E-state index contributed by atoms with van der Waals surface area (Å²) < 4.78 is 1.83. The topological polar surface area (TPSA) is 69.6 Å². The van der Waals surface area contributed by atoms with Gasteiger partial charge >= 0.3 is 0 Å². The third-order valence-electron chi connectivity index (χ3n) is 3.48. The molecule has 5 nitrogen and oxygen atoms in total. The lowest BCUT2D eigenvalue weighted by molar-refractivity contribution is 0.799. The number of pyridine rings is 1. The van der Waals surface area contributed by atoms with Crippen molar-refractivity contribution in [3.63, 3.8) is 0 Å². The normalized spacial score (nSPS) is 10.8. The zero-order valence-corrected chi connectivity index (χ0v) is 11.9. The minimum absolute atomic E-state index is 0.352. The number of benzene rings is 1. The van der Waals surface area contributed by atoms with Crippen LogP contribution in [0.3, 0.4) is 0 Å². The van der Waals surface area contributed by atoms with Gasteiger partial charge in [-0.3, -0.25) is 4.98 Å². The van der Waals surface area contributed by atoms with Gasteiger partial charge in [0.15, 0.2) is 0 Å². The summed E-state index contributed by atoms with van der Waals surface area (Å²) in [7, 11) is 0. The summed E-state index contributed by atoms with van der Waals surface area (Å²) in [6.45, 7) is 2.49. The van der Waals surface area contributed by atoms with E-state index in [1.54, 1.807) is 12.4 Å². The number of nitrogens with zero attached hydrogens (tertiary/aromatic N) is 4. The Labute approximate surface area is 123 Å². The number of aromatic nitrogens is 4. The van der Waals surface area contributed by atoms with Crippen LogP contribution in [0.1, 0.15) is 18.2 Å². The van der Waals surface area contributed by atoms with Crippen LogP contribution >= 0.6 is 0 Å². The molecule has 0 spiro atoms. The Morgan fingerprint density at radius 3 is 2.38 bits per heavy atom. The van der Waals surface area contributed by atoms with Crippen molar-refractivity contribution in [3.05, 3.63) is 60.0 Å². The van der Waals surface area contributed by atoms with Gasteiger partial charge in [0.1, 0.15) is 5.69 Å². The van der Waals surface area contributed by atoms with Gasteiger partial charge < -0.3 is 5.73 Å². The summed E-state index contributed by atoms with van der Waals surface area (Å²) in [5.41, 5.74) is 10.8. The van der Waals surface area contributed by atoms with E-state index in [-0.39, 0.29) is 0 Å². The molecule has 0 aliphatic heterocycles. The zero-order valence-electron chi connectivity index (χ0n) is 11.9. The molecule has 1 aromatic carbocycles. The monoisotopic (exact) mass is 279 g/mol. The van der Waals surface area contributed by atoms with E-state index in [9.17, 15) is 0 Å². The van der Waals surface area contributed by atoms with Crippen molar-refractivity contribution < 1.29 is 0 Å². The van der Waals surface area contributed by atoms with Gasteiger partial charge in [0.05, 0.1) is 11.4 Å². The Kier molecular flexibility index (Phi) is 3.75. The molecule has 0 bridgehead atoms. The van der Waals surface area contributed by atoms with Crippen LogP contribution in [-0.2, 0) is 13.0 Å². The van der Waals surface area contributed by atoms with E-state index in [2.05, 4.69) is 46.5 Å². The Morgan fingerprint density at radius 1 is 1.05 bits per heavy atom. The molecule has 2 N–H and O–H groups in total. The molecule has 0 unspecified atom stereocenters. The first-order chi connectivity index (χ1) is 10.3. The Hall–Kier alpha value is -2.53. The first-order valence-corrected chi connectivity index (χ1v) is 6.98. The first kappa shape index (κ1) is 13.5. The molecule has 21 heavy (non-hydrogen) atoms. The number of rotatable bonds is 4. The lowest BCUT2D eigenvalue weighted by Crippen LogP contribution is -2.02. The number of hydrogen-bond acceptors (Lipinski definition) is 4. The second-order valence-corrected chi connectivity index (χ2v) is 4.76. The van der Waals surface area contributed by atoms with Gasteiger partial charge in [-0.2, -0.15) is 0 Å². The predicted molar refractivity (Wildman–Crippen MR) is 81.9 cm³/mol. The van der Waals surface area contributed by atoms with Crippen LogP contribution in [0.4, 0.5) is 0 Å². The molecule has 5 heteroatoms. The number of nitrogens with two attached hydrogens (primary N) is 1. The standard InChI is InChI=1S/C16H17N5/c1-2-12-3-5-14(6-4-12)21-16(15(11-17)19-20-21)13-7-9-18-10-8-13/h3-10H,2,11,17H2,1H3. The summed E-state index contributed by atoms with van der Waals surface area (Å²) in [6.07, 6.45) is 4.53. The van der Waals surface area contributed by atoms with Crippen LogP contribution in [0.2, 0.25) is 0 Å². The molecule has 2 aromatic heterocycles. The maximum absolute atomic E-state index is 5.79. The minimum Gasteiger partial charge on any atom is -0.325 e. The van der Waals surface area contributed by atoms with Crippen LogP contribution in [-0.4, -0.2) is 20.0 Å². The maximum atomic E-state index is 5.79. The van der Waals surface area contributed by atoms with Crippen LogP contribution in [0.15, 0.2) is 48.8 Å². The molecular weight excluding hydrogens is 262 g/mol. The van der Waals surface area contributed by atoms with Gasteiger partial charge in [0.25, 0.3) is 0 Å². The molecule has 3 aromatic rings. The number of aryl methyl sites for hydroxylation is 1. The fourth-order valence-electron chi connectivity index (χ4n) is 2.30. The molecule has 0 fully saturated rings. The van der Waals surface area contributed by atoms with Crippen molar-refractivity contribution in [2.24, 2.45) is 5.73 Å². The summed E-state index contributed by atoms with van der Waals surface area (Å²) in [5.74, 6) is 0. The molecule has 0 amide bonds. The Bertz CT molecular complexity index is 716. The van der Waals surface area contributed by atoms with E-state index >= 15 is 0 Å². The highest BCUT2D eigenvalue weighted by Crippen LogP contribution is 2.24. The second kappa shape index (κ2) is 5.85. The van der Waals surface area contributed by atoms with Crippen molar-refractivity contribution in [1.29, 1.82) is 0 Å². The van der Waals surface area contributed by atoms with E-state index in [0.717, 1.165) is 29.1 Å². The molecule has 2 heterocycles. The molecule has 0 aliphatic carbocycles. The van der Waals surface area contributed by atoms with Gasteiger partial charge in [-0.15, -0.1) is 5.10 Å². The zero-order chi connectivity index (χ0) is 14.7. The third-order valence-corrected chi connectivity index (χ3v) is 3.48. The van der Waals surface area contributed by atoms with Crippen molar-refractivity contribution >= 4 is 0 Å². The average Bonchev–Trinajstić information content (AvgIpc) is 2.99. The largest absolute Gasteiger partial charge is 0.325 e. The van der Waals surface area contributed by atoms with Crippen molar-refractivity contribution in [1.82, 2.24) is 20.0 Å². The minimum atomic E-state index is 0.352. The summed E-state index contributed by atoms with van der Waals surface area (Å²) in [5, 5.41) is 8.45. The van der Waals surface area contributed by atoms with Crippen molar-refractivity contribution in [2.75, 3.05) is 0 Å². The van der Waals surface area contributed by atoms with E-state index in [4.69, 9.17) is 5.73 Å².